The minimum atomic E-state index is 0.0711. The van der Waals surface area contributed by atoms with E-state index < -0.39 is 0 Å². The van der Waals surface area contributed by atoms with Gasteiger partial charge in [-0.25, -0.2) is 4.79 Å². The molecular formula is C17H24N4O2. The number of hydrogen-bond acceptors (Lipinski definition) is 3. The Morgan fingerprint density at radius 2 is 1.78 bits per heavy atom. The van der Waals surface area contributed by atoms with Gasteiger partial charge in [0.05, 0.1) is 5.56 Å². The molecule has 0 saturated carbocycles. The van der Waals surface area contributed by atoms with Crippen LogP contribution in [0.3, 0.4) is 0 Å². The second-order valence-corrected chi connectivity index (χ2v) is 6.88. The van der Waals surface area contributed by atoms with Gasteiger partial charge in [-0.15, -0.1) is 0 Å². The average molecular weight is 316 g/mol. The van der Waals surface area contributed by atoms with Crippen molar-refractivity contribution in [1.82, 2.24) is 19.7 Å². The number of amides is 3. The lowest BCUT2D eigenvalue weighted by atomic mass is 9.78. The van der Waals surface area contributed by atoms with E-state index in [4.69, 9.17) is 0 Å². The maximum atomic E-state index is 12.5. The predicted molar refractivity (Wildman–Crippen MR) is 87.1 cm³/mol. The zero-order valence-corrected chi connectivity index (χ0v) is 13.9. The van der Waals surface area contributed by atoms with Crippen molar-refractivity contribution < 1.29 is 9.59 Å². The largest absolute Gasteiger partial charge is 0.338 e. The molecule has 23 heavy (non-hydrogen) atoms. The summed E-state index contributed by atoms with van der Waals surface area (Å²) in [6.45, 7) is 3.16. The molecule has 1 aromatic heterocycles. The summed E-state index contributed by atoms with van der Waals surface area (Å²) < 4.78 is 0. The third kappa shape index (κ3) is 3.16. The summed E-state index contributed by atoms with van der Waals surface area (Å²) in [5.41, 5.74) is 0.839. The summed E-state index contributed by atoms with van der Waals surface area (Å²) in [6, 6.07) is 3.70. The van der Waals surface area contributed by atoms with Gasteiger partial charge in [-0.2, -0.15) is 0 Å². The average Bonchev–Trinajstić information content (AvgIpc) is 2.99. The molecule has 0 bridgehead atoms. The van der Waals surface area contributed by atoms with Gasteiger partial charge in [-0.3, -0.25) is 9.78 Å². The molecule has 1 spiro atoms. The molecule has 0 unspecified atom stereocenters. The van der Waals surface area contributed by atoms with Gasteiger partial charge in [0.25, 0.3) is 5.91 Å². The standard InChI is InChI=1S/C17H24N4O2/c1-19(2)16(23)20-9-5-17(6-10-20)7-11-21(13-17)15(22)14-4-3-8-18-12-14/h3-4,8,12H,5-7,9-11,13H2,1-2H3. The molecule has 3 rings (SSSR count). The summed E-state index contributed by atoms with van der Waals surface area (Å²) >= 11 is 0. The fraction of sp³-hybridized carbons (Fsp3) is 0.588. The van der Waals surface area contributed by atoms with Crippen molar-refractivity contribution in [1.29, 1.82) is 0 Å². The van der Waals surface area contributed by atoms with Crippen LogP contribution in [0.5, 0.6) is 0 Å². The van der Waals surface area contributed by atoms with Crippen molar-refractivity contribution in [2.75, 3.05) is 40.3 Å². The Morgan fingerprint density at radius 1 is 1.13 bits per heavy atom. The van der Waals surface area contributed by atoms with Crippen LogP contribution in [0.15, 0.2) is 24.5 Å². The van der Waals surface area contributed by atoms with Crippen LogP contribution in [0.2, 0.25) is 0 Å². The first kappa shape index (κ1) is 15.8. The van der Waals surface area contributed by atoms with E-state index in [1.807, 2.05) is 15.9 Å². The third-order valence-electron chi connectivity index (χ3n) is 5.11. The van der Waals surface area contributed by atoms with Gasteiger partial charge in [0.15, 0.2) is 0 Å². The van der Waals surface area contributed by atoms with E-state index in [0.29, 0.717) is 5.56 Å². The number of nitrogens with zero attached hydrogens (tertiary/aromatic N) is 4. The van der Waals surface area contributed by atoms with Crippen molar-refractivity contribution in [3.63, 3.8) is 0 Å². The van der Waals surface area contributed by atoms with Crippen LogP contribution in [-0.4, -0.2) is 71.9 Å². The molecule has 0 atom stereocenters. The van der Waals surface area contributed by atoms with E-state index in [-0.39, 0.29) is 17.4 Å². The van der Waals surface area contributed by atoms with Crippen LogP contribution in [0.25, 0.3) is 0 Å². The van der Waals surface area contributed by atoms with Crippen LogP contribution in [0.1, 0.15) is 29.6 Å². The molecule has 0 aromatic carbocycles. The second-order valence-electron chi connectivity index (χ2n) is 6.88. The highest BCUT2D eigenvalue weighted by molar-refractivity contribution is 5.94. The first-order valence-corrected chi connectivity index (χ1v) is 8.16. The van der Waals surface area contributed by atoms with E-state index in [0.717, 1.165) is 45.4 Å². The quantitative estimate of drug-likeness (QED) is 0.792. The molecule has 3 amide bonds. The highest BCUT2D eigenvalue weighted by Crippen LogP contribution is 2.40. The van der Waals surface area contributed by atoms with Crippen molar-refractivity contribution in [2.24, 2.45) is 5.41 Å². The Morgan fingerprint density at radius 3 is 2.35 bits per heavy atom. The molecular weight excluding hydrogens is 292 g/mol. The molecule has 2 fully saturated rings. The number of carbonyl (C=O) groups is 2. The maximum absolute atomic E-state index is 12.5. The number of carbonyl (C=O) groups excluding carboxylic acids is 2. The lowest BCUT2D eigenvalue weighted by Gasteiger charge is -2.40. The van der Waals surface area contributed by atoms with Gasteiger partial charge in [0.1, 0.15) is 0 Å². The first-order valence-electron chi connectivity index (χ1n) is 8.16. The summed E-state index contributed by atoms with van der Waals surface area (Å²) in [5, 5.41) is 0. The van der Waals surface area contributed by atoms with Crippen LogP contribution >= 0.6 is 0 Å². The predicted octanol–water partition coefficient (Wildman–Crippen LogP) is 1.69. The molecule has 124 valence electrons. The van der Waals surface area contributed by atoms with E-state index in [9.17, 15) is 9.59 Å². The fourth-order valence-corrected chi connectivity index (χ4v) is 3.64. The van der Waals surface area contributed by atoms with E-state index in [1.165, 1.54) is 0 Å². The van der Waals surface area contributed by atoms with Crippen LogP contribution < -0.4 is 0 Å². The summed E-state index contributed by atoms with van der Waals surface area (Å²) in [7, 11) is 3.58. The van der Waals surface area contributed by atoms with Gasteiger partial charge in [-0.1, -0.05) is 0 Å². The van der Waals surface area contributed by atoms with Gasteiger partial charge >= 0.3 is 6.03 Å². The summed E-state index contributed by atoms with van der Waals surface area (Å²) in [5.74, 6) is 0.0711. The smallest absolute Gasteiger partial charge is 0.319 e. The molecule has 0 aliphatic carbocycles. The SMILES string of the molecule is CN(C)C(=O)N1CCC2(CCN(C(=O)c3cccnc3)C2)CC1. The van der Waals surface area contributed by atoms with Crippen LogP contribution in [-0.2, 0) is 0 Å². The summed E-state index contributed by atoms with van der Waals surface area (Å²) in [6.07, 6.45) is 6.29. The summed E-state index contributed by atoms with van der Waals surface area (Å²) in [4.78, 5) is 34.1. The molecule has 1 aromatic rings. The topological polar surface area (TPSA) is 56.8 Å². The van der Waals surface area contributed by atoms with Gasteiger partial charge in [0, 0.05) is 52.7 Å². The second kappa shape index (κ2) is 6.18. The van der Waals surface area contributed by atoms with Crippen molar-refractivity contribution in [3.8, 4) is 0 Å². The number of rotatable bonds is 1. The highest BCUT2D eigenvalue weighted by atomic mass is 16.2. The van der Waals surface area contributed by atoms with Gasteiger partial charge in [-0.05, 0) is 36.8 Å². The Labute approximate surface area is 137 Å². The molecule has 6 nitrogen and oxygen atoms in total. The first-order chi connectivity index (χ1) is 11.0. The van der Waals surface area contributed by atoms with Crippen molar-refractivity contribution >= 4 is 11.9 Å². The Kier molecular flexibility index (Phi) is 4.24. The van der Waals surface area contributed by atoms with E-state index >= 15 is 0 Å². The fourth-order valence-electron chi connectivity index (χ4n) is 3.64. The van der Waals surface area contributed by atoms with Crippen LogP contribution in [0, 0.1) is 5.41 Å². The molecule has 0 radical (unpaired) electrons. The van der Waals surface area contributed by atoms with Crippen molar-refractivity contribution in [2.45, 2.75) is 19.3 Å². The molecule has 2 aliphatic rings. The third-order valence-corrected chi connectivity index (χ3v) is 5.11. The van der Waals surface area contributed by atoms with Crippen molar-refractivity contribution in [3.05, 3.63) is 30.1 Å². The zero-order chi connectivity index (χ0) is 16.4. The van der Waals surface area contributed by atoms with Gasteiger partial charge in [0.2, 0.25) is 0 Å². The van der Waals surface area contributed by atoms with Crippen LogP contribution in [0.4, 0.5) is 4.79 Å². The Bertz CT molecular complexity index is 580. The number of urea groups is 1. The lowest BCUT2D eigenvalue weighted by molar-refractivity contribution is 0.0726. The molecule has 2 saturated heterocycles. The Hall–Kier alpha value is -2.11. The highest BCUT2D eigenvalue weighted by Gasteiger charge is 2.43. The number of likely N-dealkylation sites (tertiary alicyclic amines) is 2. The number of aromatic nitrogens is 1. The number of piperidine rings is 1. The molecule has 3 heterocycles. The molecule has 2 aliphatic heterocycles. The molecule has 0 N–H and O–H groups in total. The normalized spacial score (nSPS) is 19.9. The van der Waals surface area contributed by atoms with E-state index in [2.05, 4.69) is 4.98 Å². The number of hydrogen-bond donors (Lipinski definition) is 0. The Balaban J connectivity index is 1.60. The van der Waals surface area contributed by atoms with E-state index in [1.54, 1.807) is 37.5 Å². The molecule has 6 heteroatoms. The zero-order valence-electron chi connectivity index (χ0n) is 13.9. The minimum absolute atomic E-state index is 0.0711. The number of pyridine rings is 1. The lowest BCUT2D eigenvalue weighted by Crippen LogP contribution is -2.47. The maximum Gasteiger partial charge on any atom is 0.319 e. The van der Waals surface area contributed by atoms with Gasteiger partial charge < -0.3 is 14.7 Å². The minimum Gasteiger partial charge on any atom is -0.338 e. The monoisotopic (exact) mass is 316 g/mol.